The first-order valence-corrected chi connectivity index (χ1v) is 10.1. The first-order chi connectivity index (χ1) is 12.5. The van der Waals surface area contributed by atoms with Gasteiger partial charge < -0.3 is 10.1 Å². The van der Waals surface area contributed by atoms with Crippen LogP contribution in [0.3, 0.4) is 0 Å². The van der Waals surface area contributed by atoms with E-state index in [4.69, 9.17) is 4.74 Å². The minimum Gasteiger partial charge on any atom is -0.489 e. The van der Waals surface area contributed by atoms with Crippen LogP contribution < -0.4 is 10.1 Å². The van der Waals surface area contributed by atoms with E-state index in [1.54, 1.807) is 0 Å². The molecule has 0 radical (unpaired) electrons. The maximum Gasteiger partial charge on any atom is 0.235 e. The summed E-state index contributed by atoms with van der Waals surface area (Å²) < 4.78 is 30.3. The molecule has 7 heteroatoms. The number of amides is 1. The normalized spacial score (nSPS) is 16.3. The molecule has 1 aliphatic rings. The van der Waals surface area contributed by atoms with Gasteiger partial charge in [0.05, 0.1) is 12.3 Å². The van der Waals surface area contributed by atoms with Gasteiger partial charge in [-0.05, 0) is 29.7 Å². The zero-order valence-corrected chi connectivity index (χ0v) is 15.2. The van der Waals surface area contributed by atoms with Crippen molar-refractivity contribution in [3.8, 4) is 5.75 Å². The number of benzene rings is 2. The van der Waals surface area contributed by atoms with E-state index in [0.29, 0.717) is 26.1 Å². The van der Waals surface area contributed by atoms with E-state index in [9.17, 15) is 13.2 Å². The van der Waals surface area contributed by atoms with Gasteiger partial charge in [0.2, 0.25) is 15.9 Å². The highest BCUT2D eigenvalue weighted by Crippen LogP contribution is 2.13. The minimum absolute atomic E-state index is 0.106. The molecule has 2 aromatic carbocycles. The number of hydrogen-bond acceptors (Lipinski definition) is 4. The van der Waals surface area contributed by atoms with Crippen LogP contribution in [0.15, 0.2) is 54.6 Å². The monoisotopic (exact) mass is 374 g/mol. The molecule has 0 unspecified atom stereocenters. The molecule has 0 atom stereocenters. The fraction of sp³-hybridized carbons (Fsp3) is 0.316. The molecule has 0 spiro atoms. The van der Waals surface area contributed by atoms with Gasteiger partial charge in [0.1, 0.15) is 12.4 Å². The van der Waals surface area contributed by atoms with Gasteiger partial charge in [0, 0.05) is 13.1 Å². The van der Waals surface area contributed by atoms with Crippen LogP contribution >= 0.6 is 0 Å². The summed E-state index contributed by atoms with van der Waals surface area (Å²) >= 11 is 0. The molecular formula is C19H22N2O4S. The fourth-order valence-electron chi connectivity index (χ4n) is 2.72. The van der Waals surface area contributed by atoms with E-state index in [0.717, 1.165) is 16.9 Å². The SMILES string of the molecule is O=C(CN1CCCS1(=O)=O)NCc1ccc(COc2ccccc2)cc1. The molecule has 26 heavy (non-hydrogen) atoms. The number of hydrogen-bond donors (Lipinski definition) is 1. The van der Waals surface area contributed by atoms with Gasteiger partial charge >= 0.3 is 0 Å². The van der Waals surface area contributed by atoms with Gasteiger partial charge in [0.25, 0.3) is 0 Å². The summed E-state index contributed by atoms with van der Waals surface area (Å²) in [4.78, 5) is 11.9. The lowest BCUT2D eigenvalue weighted by atomic mass is 10.1. The molecule has 0 bridgehead atoms. The van der Waals surface area contributed by atoms with Gasteiger partial charge in [-0.2, -0.15) is 4.31 Å². The van der Waals surface area contributed by atoms with Crippen LogP contribution in [0.5, 0.6) is 5.75 Å². The van der Waals surface area contributed by atoms with Gasteiger partial charge in [-0.3, -0.25) is 4.79 Å². The van der Waals surface area contributed by atoms with Crippen molar-refractivity contribution in [1.29, 1.82) is 0 Å². The second-order valence-electron chi connectivity index (χ2n) is 6.20. The van der Waals surface area contributed by atoms with Crippen LogP contribution in [0.2, 0.25) is 0 Å². The molecule has 3 rings (SSSR count). The lowest BCUT2D eigenvalue weighted by molar-refractivity contribution is -0.121. The number of sulfonamides is 1. The Labute approximate surface area is 153 Å². The summed E-state index contributed by atoms with van der Waals surface area (Å²) in [5.41, 5.74) is 1.98. The number of rotatable bonds is 7. The van der Waals surface area contributed by atoms with Crippen LogP contribution in [0, 0.1) is 0 Å². The van der Waals surface area contributed by atoms with Crippen molar-refractivity contribution < 1.29 is 17.9 Å². The topological polar surface area (TPSA) is 75.7 Å². The van der Waals surface area contributed by atoms with Crippen molar-refractivity contribution in [2.45, 2.75) is 19.6 Å². The zero-order chi connectivity index (χ0) is 18.4. The van der Waals surface area contributed by atoms with Crippen molar-refractivity contribution in [2.24, 2.45) is 0 Å². The highest BCUT2D eigenvalue weighted by Gasteiger charge is 2.29. The quantitative estimate of drug-likeness (QED) is 0.803. The lowest BCUT2D eigenvalue weighted by Crippen LogP contribution is -2.37. The average Bonchev–Trinajstić information content (AvgIpc) is 2.98. The Kier molecular flexibility index (Phi) is 5.90. The summed E-state index contributed by atoms with van der Waals surface area (Å²) in [6.45, 7) is 1.16. The molecule has 138 valence electrons. The Morgan fingerprint density at radius 2 is 1.73 bits per heavy atom. The van der Waals surface area contributed by atoms with E-state index >= 15 is 0 Å². The van der Waals surface area contributed by atoms with Crippen LogP contribution in [-0.2, 0) is 28.0 Å². The predicted octanol–water partition coefficient (Wildman–Crippen LogP) is 1.92. The van der Waals surface area contributed by atoms with Crippen LogP contribution in [0.1, 0.15) is 17.5 Å². The molecular weight excluding hydrogens is 352 g/mol. The van der Waals surface area contributed by atoms with Crippen LogP contribution in [-0.4, -0.2) is 37.5 Å². The van der Waals surface area contributed by atoms with E-state index in [1.165, 1.54) is 4.31 Å². The average molecular weight is 374 g/mol. The highest BCUT2D eigenvalue weighted by atomic mass is 32.2. The van der Waals surface area contributed by atoms with Crippen molar-refractivity contribution in [1.82, 2.24) is 9.62 Å². The van der Waals surface area contributed by atoms with Crippen molar-refractivity contribution in [3.05, 3.63) is 65.7 Å². The third-order valence-electron chi connectivity index (χ3n) is 4.18. The van der Waals surface area contributed by atoms with E-state index in [1.807, 2.05) is 54.6 Å². The Morgan fingerprint density at radius 1 is 1.04 bits per heavy atom. The Balaban J connectivity index is 1.44. The van der Waals surface area contributed by atoms with Gasteiger partial charge in [0.15, 0.2) is 0 Å². The second-order valence-corrected chi connectivity index (χ2v) is 8.29. The summed E-state index contributed by atoms with van der Waals surface area (Å²) in [6.07, 6.45) is 0.585. The van der Waals surface area contributed by atoms with Crippen molar-refractivity contribution in [2.75, 3.05) is 18.8 Å². The molecule has 1 saturated heterocycles. The second kappa shape index (κ2) is 8.33. The molecule has 0 aliphatic carbocycles. The number of ether oxygens (including phenoxy) is 1. The van der Waals surface area contributed by atoms with Crippen molar-refractivity contribution in [3.63, 3.8) is 0 Å². The Hall–Kier alpha value is -2.38. The summed E-state index contributed by atoms with van der Waals surface area (Å²) in [6, 6.07) is 17.4. The molecule has 1 N–H and O–H groups in total. The molecule has 1 fully saturated rings. The minimum atomic E-state index is -3.24. The van der Waals surface area contributed by atoms with Gasteiger partial charge in [-0.25, -0.2) is 8.42 Å². The molecule has 2 aromatic rings. The Bertz CT molecular complexity index is 836. The van der Waals surface area contributed by atoms with E-state index in [2.05, 4.69) is 5.32 Å². The fourth-order valence-corrected chi connectivity index (χ4v) is 4.20. The maximum absolute atomic E-state index is 11.9. The lowest BCUT2D eigenvalue weighted by Gasteiger charge is -2.14. The van der Waals surface area contributed by atoms with Crippen LogP contribution in [0.4, 0.5) is 0 Å². The van der Waals surface area contributed by atoms with Crippen LogP contribution in [0.25, 0.3) is 0 Å². The molecule has 0 saturated carbocycles. The largest absolute Gasteiger partial charge is 0.489 e. The number of nitrogens with one attached hydrogen (secondary N) is 1. The maximum atomic E-state index is 11.9. The standard InChI is InChI=1S/C19H22N2O4S/c22-19(14-21-11-4-12-26(21,23)24)20-13-16-7-9-17(10-8-16)15-25-18-5-2-1-3-6-18/h1-3,5-10H,4,11-15H2,(H,20,22). The molecule has 1 amide bonds. The Morgan fingerprint density at radius 3 is 2.38 bits per heavy atom. The van der Waals surface area contributed by atoms with Gasteiger partial charge in [-0.15, -0.1) is 0 Å². The van der Waals surface area contributed by atoms with Crippen molar-refractivity contribution >= 4 is 15.9 Å². The number of para-hydroxylation sites is 1. The molecule has 6 nitrogen and oxygen atoms in total. The third-order valence-corrected chi connectivity index (χ3v) is 6.09. The zero-order valence-electron chi connectivity index (χ0n) is 14.4. The first kappa shape index (κ1) is 18.4. The molecule has 0 aromatic heterocycles. The smallest absolute Gasteiger partial charge is 0.235 e. The van der Waals surface area contributed by atoms with E-state index in [-0.39, 0.29) is 18.2 Å². The number of carbonyl (C=O) groups is 1. The highest BCUT2D eigenvalue weighted by molar-refractivity contribution is 7.89. The summed E-state index contributed by atoms with van der Waals surface area (Å²) in [5, 5.41) is 2.76. The summed E-state index contributed by atoms with van der Waals surface area (Å²) in [5.74, 6) is 0.667. The number of carbonyl (C=O) groups excluding carboxylic acids is 1. The molecule has 1 aliphatic heterocycles. The number of nitrogens with zero attached hydrogens (tertiary/aromatic N) is 1. The first-order valence-electron chi connectivity index (χ1n) is 8.53. The molecule has 1 heterocycles. The third kappa shape index (κ3) is 5.06. The van der Waals surface area contributed by atoms with Gasteiger partial charge in [-0.1, -0.05) is 42.5 Å². The summed E-state index contributed by atoms with van der Waals surface area (Å²) in [7, 11) is -3.24. The van der Waals surface area contributed by atoms with E-state index < -0.39 is 10.0 Å². The predicted molar refractivity (Wildman–Crippen MR) is 99.0 cm³/mol.